The van der Waals surface area contributed by atoms with Gasteiger partial charge in [0.1, 0.15) is 5.82 Å². The second-order valence-electron chi connectivity index (χ2n) is 4.94. The highest BCUT2D eigenvalue weighted by molar-refractivity contribution is 5.70. The molecule has 1 aromatic rings. The maximum absolute atomic E-state index is 13.3. The van der Waals surface area contributed by atoms with Crippen molar-refractivity contribution in [2.75, 3.05) is 26.9 Å². The Morgan fingerprint density at radius 1 is 1.43 bits per heavy atom. The van der Waals surface area contributed by atoms with Crippen molar-refractivity contribution < 1.29 is 18.7 Å². The van der Waals surface area contributed by atoms with Crippen molar-refractivity contribution in [1.29, 1.82) is 0 Å². The zero-order chi connectivity index (χ0) is 15.7. The van der Waals surface area contributed by atoms with Gasteiger partial charge in [0.15, 0.2) is 0 Å². The largest absolute Gasteiger partial charge is 0.466 e. The molecular weight excluding hydrogens is 273 g/mol. The lowest BCUT2D eigenvalue weighted by molar-refractivity contribution is -0.143. The predicted octanol–water partition coefficient (Wildman–Crippen LogP) is 2.23. The third kappa shape index (κ3) is 6.69. The van der Waals surface area contributed by atoms with Gasteiger partial charge >= 0.3 is 5.97 Å². The topological polar surface area (TPSA) is 47.6 Å². The molecule has 0 bridgehead atoms. The molecule has 0 heterocycles. The molecular formula is C16H24FNO3. The van der Waals surface area contributed by atoms with Gasteiger partial charge in [0, 0.05) is 19.7 Å². The molecule has 1 rings (SSSR count). The number of aryl methyl sites for hydroxylation is 1. The molecule has 0 radical (unpaired) electrons. The number of benzene rings is 1. The summed E-state index contributed by atoms with van der Waals surface area (Å²) >= 11 is 0. The van der Waals surface area contributed by atoms with Crippen molar-refractivity contribution in [3.8, 4) is 0 Å². The smallest absolute Gasteiger partial charge is 0.307 e. The molecule has 0 spiro atoms. The van der Waals surface area contributed by atoms with Gasteiger partial charge in [-0.2, -0.15) is 0 Å². The van der Waals surface area contributed by atoms with Gasteiger partial charge in [-0.1, -0.05) is 12.1 Å². The van der Waals surface area contributed by atoms with Gasteiger partial charge in [-0.25, -0.2) is 4.39 Å². The van der Waals surface area contributed by atoms with Gasteiger partial charge in [-0.3, -0.25) is 4.79 Å². The normalized spacial score (nSPS) is 12.2. The van der Waals surface area contributed by atoms with Crippen molar-refractivity contribution in [3.63, 3.8) is 0 Å². The van der Waals surface area contributed by atoms with Crippen LogP contribution in [-0.4, -0.2) is 38.9 Å². The van der Waals surface area contributed by atoms with Gasteiger partial charge in [-0.15, -0.1) is 0 Å². The van der Waals surface area contributed by atoms with E-state index in [2.05, 4.69) is 5.32 Å². The number of rotatable bonds is 9. The van der Waals surface area contributed by atoms with E-state index in [4.69, 9.17) is 9.47 Å². The third-order valence-corrected chi connectivity index (χ3v) is 3.16. The lowest BCUT2D eigenvalue weighted by Gasteiger charge is -2.18. The van der Waals surface area contributed by atoms with Gasteiger partial charge in [0.25, 0.3) is 0 Å². The Balaban J connectivity index is 2.65. The highest BCUT2D eigenvalue weighted by atomic mass is 19.1. The molecule has 0 amide bonds. The first-order chi connectivity index (χ1) is 10.1. The number of ether oxygens (including phenoxy) is 2. The number of esters is 1. The van der Waals surface area contributed by atoms with E-state index in [0.717, 1.165) is 5.56 Å². The van der Waals surface area contributed by atoms with Crippen molar-refractivity contribution in [2.24, 2.45) is 0 Å². The van der Waals surface area contributed by atoms with Crippen molar-refractivity contribution in [3.05, 3.63) is 35.1 Å². The Bertz CT molecular complexity index is 451. The Labute approximate surface area is 125 Å². The van der Waals surface area contributed by atoms with E-state index in [0.29, 0.717) is 31.7 Å². The zero-order valence-corrected chi connectivity index (χ0v) is 12.9. The summed E-state index contributed by atoms with van der Waals surface area (Å²) in [5.74, 6) is -0.445. The summed E-state index contributed by atoms with van der Waals surface area (Å²) in [7, 11) is 1.63. The lowest BCUT2D eigenvalue weighted by Crippen LogP contribution is -2.36. The molecule has 0 saturated carbocycles. The van der Waals surface area contributed by atoms with Crippen molar-refractivity contribution >= 4 is 5.97 Å². The molecule has 1 unspecified atom stereocenters. The fourth-order valence-corrected chi connectivity index (χ4v) is 2.12. The van der Waals surface area contributed by atoms with Crippen LogP contribution in [0.25, 0.3) is 0 Å². The molecule has 21 heavy (non-hydrogen) atoms. The summed E-state index contributed by atoms with van der Waals surface area (Å²) in [6.07, 6.45) is 0.928. The summed E-state index contributed by atoms with van der Waals surface area (Å²) in [4.78, 5) is 11.6. The molecule has 4 nitrogen and oxygen atoms in total. The molecule has 1 N–H and O–H groups in total. The molecule has 0 fully saturated rings. The molecule has 5 heteroatoms. The standard InChI is InChI=1S/C16H24FNO3/c1-4-21-16(19)11-14(18-7-8-20-3)10-13-5-6-15(17)12(2)9-13/h5-6,9,14,18H,4,7-8,10-11H2,1-3H3. The summed E-state index contributed by atoms with van der Waals surface area (Å²) in [5.41, 5.74) is 1.60. The molecule has 0 aromatic heterocycles. The van der Waals surface area contributed by atoms with Gasteiger partial charge in [-0.05, 0) is 37.5 Å². The van der Waals surface area contributed by atoms with E-state index in [1.165, 1.54) is 6.07 Å². The average molecular weight is 297 g/mol. The summed E-state index contributed by atoms with van der Waals surface area (Å²) in [6.45, 7) is 5.12. The SMILES string of the molecule is CCOC(=O)CC(Cc1ccc(F)c(C)c1)NCCOC. The molecule has 1 atom stereocenters. The second-order valence-corrected chi connectivity index (χ2v) is 4.94. The molecule has 0 aliphatic heterocycles. The van der Waals surface area contributed by atoms with Crippen LogP contribution in [-0.2, 0) is 20.7 Å². The maximum atomic E-state index is 13.3. The molecule has 1 aromatic carbocycles. The first-order valence-corrected chi connectivity index (χ1v) is 7.19. The zero-order valence-electron chi connectivity index (χ0n) is 12.9. The summed E-state index contributed by atoms with van der Waals surface area (Å²) < 4.78 is 23.3. The Morgan fingerprint density at radius 2 is 2.19 bits per heavy atom. The number of hydrogen-bond donors (Lipinski definition) is 1. The third-order valence-electron chi connectivity index (χ3n) is 3.16. The Hall–Kier alpha value is -1.46. The minimum atomic E-state index is -0.230. The first-order valence-electron chi connectivity index (χ1n) is 7.19. The molecule has 118 valence electrons. The fourth-order valence-electron chi connectivity index (χ4n) is 2.12. The predicted molar refractivity (Wildman–Crippen MR) is 79.8 cm³/mol. The first kappa shape index (κ1) is 17.6. The van der Waals surface area contributed by atoms with Crippen LogP contribution in [0.4, 0.5) is 4.39 Å². The van der Waals surface area contributed by atoms with Gasteiger partial charge < -0.3 is 14.8 Å². The van der Waals surface area contributed by atoms with E-state index in [1.807, 2.05) is 6.07 Å². The number of carbonyl (C=O) groups is 1. The minimum absolute atomic E-state index is 0.0518. The number of carbonyl (C=O) groups excluding carboxylic acids is 1. The molecule has 0 saturated heterocycles. The van der Waals surface area contributed by atoms with E-state index < -0.39 is 0 Å². The number of hydrogen-bond acceptors (Lipinski definition) is 4. The summed E-state index contributed by atoms with van der Waals surface area (Å²) in [6, 6.07) is 4.97. The average Bonchev–Trinajstić information content (AvgIpc) is 2.43. The number of halogens is 1. The van der Waals surface area contributed by atoms with E-state index in [1.54, 1.807) is 27.0 Å². The highest BCUT2D eigenvalue weighted by Crippen LogP contribution is 2.12. The monoisotopic (exact) mass is 297 g/mol. The fraction of sp³-hybridized carbons (Fsp3) is 0.562. The van der Waals surface area contributed by atoms with Crippen LogP contribution < -0.4 is 5.32 Å². The van der Waals surface area contributed by atoms with Crippen molar-refractivity contribution in [2.45, 2.75) is 32.7 Å². The quantitative estimate of drug-likeness (QED) is 0.561. The van der Waals surface area contributed by atoms with Crippen LogP contribution in [0.15, 0.2) is 18.2 Å². The number of nitrogens with one attached hydrogen (secondary N) is 1. The number of methoxy groups -OCH3 is 1. The van der Waals surface area contributed by atoms with Gasteiger partial charge in [0.05, 0.1) is 19.6 Å². The lowest BCUT2D eigenvalue weighted by atomic mass is 10.0. The molecule has 0 aliphatic carbocycles. The van der Waals surface area contributed by atoms with E-state index >= 15 is 0 Å². The Kier molecular flexibility index (Phi) is 7.93. The Morgan fingerprint density at radius 3 is 2.81 bits per heavy atom. The van der Waals surface area contributed by atoms with E-state index in [9.17, 15) is 9.18 Å². The van der Waals surface area contributed by atoms with Crippen LogP contribution in [0, 0.1) is 12.7 Å². The second kappa shape index (κ2) is 9.47. The highest BCUT2D eigenvalue weighted by Gasteiger charge is 2.15. The van der Waals surface area contributed by atoms with Crippen LogP contribution in [0.1, 0.15) is 24.5 Å². The van der Waals surface area contributed by atoms with Crippen LogP contribution in [0.5, 0.6) is 0 Å². The van der Waals surface area contributed by atoms with Crippen LogP contribution in [0.3, 0.4) is 0 Å². The van der Waals surface area contributed by atoms with Crippen LogP contribution >= 0.6 is 0 Å². The maximum Gasteiger partial charge on any atom is 0.307 e. The van der Waals surface area contributed by atoms with Gasteiger partial charge in [0.2, 0.25) is 0 Å². The van der Waals surface area contributed by atoms with Crippen molar-refractivity contribution in [1.82, 2.24) is 5.32 Å². The van der Waals surface area contributed by atoms with Crippen LogP contribution in [0.2, 0.25) is 0 Å². The minimum Gasteiger partial charge on any atom is -0.466 e. The summed E-state index contributed by atoms with van der Waals surface area (Å²) in [5, 5.41) is 3.27. The molecule has 0 aliphatic rings. The van der Waals surface area contributed by atoms with E-state index in [-0.39, 0.29) is 24.2 Å².